The highest BCUT2D eigenvalue weighted by molar-refractivity contribution is 9.10. The van der Waals surface area contributed by atoms with Crippen LogP contribution in [0.2, 0.25) is 0 Å². The van der Waals surface area contributed by atoms with Gasteiger partial charge in [0.1, 0.15) is 5.82 Å². The van der Waals surface area contributed by atoms with Crippen LogP contribution in [0.25, 0.3) is 0 Å². The summed E-state index contributed by atoms with van der Waals surface area (Å²) in [5.41, 5.74) is 0.923. The minimum Gasteiger partial charge on any atom is -0.380 e. The average Bonchev–Trinajstić information content (AvgIpc) is 2.33. The Labute approximate surface area is 115 Å². The lowest BCUT2D eigenvalue weighted by Gasteiger charge is -2.07. The summed E-state index contributed by atoms with van der Waals surface area (Å²) in [5.74, 6) is 0.304. The fourth-order valence-electron chi connectivity index (χ4n) is 1.36. The molecule has 2 nitrogen and oxygen atoms in total. The summed E-state index contributed by atoms with van der Waals surface area (Å²) in [7, 11) is 0. The van der Waals surface area contributed by atoms with E-state index in [-0.39, 0.29) is 5.82 Å². The van der Waals surface area contributed by atoms with Gasteiger partial charge in [-0.05, 0) is 40.5 Å². The number of rotatable bonds is 8. The van der Waals surface area contributed by atoms with E-state index in [1.807, 2.05) is 6.07 Å². The van der Waals surface area contributed by atoms with Crippen LogP contribution in [0.3, 0.4) is 0 Å². The van der Waals surface area contributed by atoms with E-state index >= 15 is 0 Å². The van der Waals surface area contributed by atoms with Crippen molar-refractivity contribution in [2.75, 3.05) is 25.6 Å². The lowest BCUT2D eigenvalue weighted by Crippen LogP contribution is -2.17. The Morgan fingerprint density at radius 2 is 2.18 bits per heavy atom. The van der Waals surface area contributed by atoms with Gasteiger partial charge in [-0.2, -0.15) is 0 Å². The second kappa shape index (κ2) is 8.86. The van der Waals surface area contributed by atoms with Gasteiger partial charge in [-0.1, -0.05) is 12.1 Å². The molecular weight excluding hydrogens is 308 g/mol. The third-order valence-corrected chi connectivity index (χ3v) is 3.25. The fraction of sp³-hybridized carbons (Fsp3) is 0.500. The lowest BCUT2D eigenvalue weighted by molar-refractivity contribution is 0.146. The number of halogens is 3. The first-order valence-electron chi connectivity index (χ1n) is 5.53. The van der Waals surface area contributed by atoms with E-state index in [4.69, 9.17) is 16.3 Å². The highest BCUT2D eigenvalue weighted by Crippen LogP contribution is 2.19. The molecule has 0 aromatic heterocycles. The standard InChI is InChI=1S/C12H16BrClFNO/c13-12-10(3-1-4-11(12)15)9-16-6-2-7-17-8-5-14/h1,3-4,16H,2,5-9H2. The number of hydrogen-bond donors (Lipinski definition) is 1. The maximum Gasteiger partial charge on any atom is 0.137 e. The van der Waals surface area contributed by atoms with Gasteiger partial charge < -0.3 is 10.1 Å². The summed E-state index contributed by atoms with van der Waals surface area (Å²) in [6.07, 6.45) is 0.920. The van der Waals surface area contributed by atoms with Crippen molar-refractivity contribution < 1.29 is 9.13 Å². The quantitative estimate of drug-likeness (QED) is 0.585. The number of alkyl halides is 1. The molecule has 0 heterocycles. The molecule has 0 aliphatic heterocycles. The van der Waals surface area contributed by atoms with Crippen LogP contribution in [0, 0.1) is 5.82 Å². The van der Waals surface area contributed by atoms with Gasteiger partial charge in [0.2, 0.25) is 0 Å². The first kappa shape index (κ1) is 14.9. The monoisotopic (exact) mass is 323 g/mol. The van der Waals surface area contributed by atoms with E-state index in [9.17, 15) is 4.39 Å². The molecular formula is C12H16BrClFNO. The smallest absolute Gasteiger partial charge is 0.137 e. The molecule has 0 fully saturated rings. The molecule has 0 amide bonds. The second-order valence-electron chi connectivity index (χ2n) is 3.54. The van der Waals surface area contributed by atoms with Crippen LogP contribution >= 0.6 is 27.5 Å². The first-order valence-corrected chi connectivity index (χ1v) is 6.85. The number of ether oxygens (including phenoxy) is 1. The molecule has 1 aromatic carbocycles. The summed E-state index contributed by atoms with van der Waals surface area (Å²) >= 11 is 8.70. The van der Waals surface area contributed by atoms with Crippen molar-refractivity contribution in [1.29, 1.82) is 0 Å². The van der Waals surface area contributed by atoms with Gasteiger partial charge in [0.25, 0.3) is 0 Å². The van der Waals surface area contributed by atoms with E-state index in [0.29, 0.717) is 30.1 Å². The molecule has 1 aromatic rings. The Bertz CT molecular complexity index is 338. The van der Waals surface area contributed by atoms with Crippen LogP contribution in [-0.4, -0.2) is 25.6 Å². The molecule has 0 unspecified atom stereocenters. The zero-order valence-corrected chi connectivity index (χ0v) is 11.9. The predicted octanol–water partition coefficient (Wildman–Crippen LogP) is 3.32. The van der Waals surface area contributed by atoms with Gasteiger partial charge in [-0.3, -0.25) is 0 Å². The molecule has 0 saturated heterocycles. The van der Waals surface area contributed by atoms with Crippen molar-refractivity contribution in [2.45, 2.75) is 13.0 Å². The Morgan fingerprint density at radius 3 is 2.94 bits per heavy atom. The van der Waals surface area contributed by atoms with Gasteiger partial charge in [0.15, 0.2) is 0 Å². The molecule has 1 N–H and O–H groups in total. The van der Waals surface area contributed by atoms with Crippen LogP contribution in [0.1, 0.15) is 12.0 Å². The van der Waals surface area contributed by atoms with E-state index in [1.165, 1.54) is 6.07 Å². The summed E-state index contributed by atoms with van der Waals surface area (Å²) < 4.78 is 19.0. The van der Waals surface area contributed by atoms with Crippen LogP contribution in [0.15, 0.2) is 22.7 Å². The molecule has 0 bridgehead atoms. The van der Waals surface area contributed by atoms with Crippen LogP contribution < -0.4 is 5.32 Å². The third kappa shape index (κ3) is 5.82. The van der Waals surface area contributed by atoms with Gasteiger partial charge >= 0.3 is 0 Å². The SMILES string of the molecule is Fc1cccc(CNCCCOCCCl)c1Br. The van der Waals surface area contributed by atoms with Crippen LogP contribution in [-0.2, 0) is 11.3 Å². The zero-order valence-electron chi connectivity index (χ0n) is 9.52. The largest absolute Gasteiger partial charge is 0.380 e. The fourth-order valence-corrected chi connectivity index (χ4v) is 1.88. The highest BCUT2D eigenvalue weighted by Gasteiger charge is 2.03. The van der Waals surface area contributed by atoms with Gasteiger partial charge in [-0.25, -0.2) is 4.39 Å². The van der Waals surface area contributed by atoms with E-state index in [2.05, 4.69) is 21.2 Å². The van der Waals surface area contributed by atoms with E-state index in [1.54, 1.807) is 6.07 Å². The third-order valence-electron chi connectivity index (χ3n) is 2.21. The van der Waals surface area contributed by atoms with Gasteiger partial charge in [0.05, 0.1) is 11.1 Å². The van der Waals surface area contributed by atoms with Gasteiger partial charge in [-0.15, -0.1) is 11.6 Å². The van der Waals surface area contributed by atoms with Crippen molar-refractivity contribution in [3.8, 4) is 0 Å². The predicted molar refractivity (Wildman–Crippen MR) is 72.0 cm³/mol. The molecule has 0 aliphatic carbocycles. The summed E-state index contributed by atoms with van der Waals surface area (Å²) in [4.78, 5) is 0. The maximum atomic E-state index is 13.2. The van der Waals surface area contributed by atoms with Gasteiger partial charge in [0, 0.05) is 19.0 Å². The molecule has 0 aliphatic rings. The summed E-state index contributed by atoms with van der Waals surface area (Å²) in [6.45, 7) is 2.78. The molecule has 1 rings (SSSR count). The van der Waals surface area contributed by atoms with Crippen molar-refractivity contribution >= 4 is 27.5 Å². The minimum absolute atomic E-state index is 0.227. The summed E-state index contributed by atoms with van der Waals surface area (Å²) in [5, 5.41) is 3.24. The molecule has 0 radical (unpaired) electrons. The number of hydrogen-bond acceptors (Lipinski definition) is 2. The molecule has 17 heavy (non-hydrogen) atoms. The lowest BCUT2D eigenvalue weighted by atomic mass is 10.2. The second-order valence-corrected chi connectivity index (χ2v) is 4.72. The molecule has 96 valence electrons. The Kier molecular flexibility index (Phi) is 7.77. The first-order chi connectivity index (χ1) is 8.25. The Morgan fingerprint density at radius 1 is 1.35 bits per heavy atom. The normalized spacial score (nSPS) is 10.8. The Hall–Kier alpha value is -0.160. The van der Waals surface area contributed by atoms with Crippen LogP contribution in [0.4, 0.5) is 4.39 Å². The topological polar surface area (TPSA) is 21.3 Å². The van der Waals surface area contributed by atoms with E-state index < -0.39 is 0 Å². The highest BCUT2D eigenvalue weighted by atomic mass is 79.9. The van der Waals surface area contributed by atoms with Crippen LogP contribution in [0.5, 0.6) is 0 Å². The maximum absolute atomic E-state index is 13.2. The molecule has 5 heteroatoms. The van der Waals surface area contributed by atoms with Crippen molar-refractivity contribution in [2.24, 2.45) is 0 Å². The average molecular weight is 325 g/mol. The number of benzene rings is 1. The van der Waals surface area contributed by atoms with Crippen molar-refractivity contribution in [3.05, 3.63) is 34.1 Å². The molecule has 0 spiro atoms. The number of nitrogens with one attached hydrogen (secondary N) is 1. The Balaban J connectivity index is 2.16. The van der Waals surface area contributed by atoms with E-state index in [0.717, 1.165) is 18.5 Å². The summed E-state index contributed by atoms with van der Waals surface area (Å²) in [6, 6.07) is 5.04. The molecule has 0 atom stereocenters. The van der Waals surface area contributed by atoms with Crippen molar-refractivity contribution in [3.63, 3.8) is 0 Å². The van der Waals surface area contributed by atoms with Crippen molar-refractivity contribution in [1.82, 2.24) is 5.32 Å². The zero-order chi connectivity index (χ0) is 12.5. The molecule has 0 saturated carbocycles. The minimum atomic E-state index is -0.227.